The van der Waals surface area contributed by atoms with Crippen molar-refractivity contribution >= 4 is 5.69 Å². The molecule has 2 N–H and O–H groups in total. The van der Waals surface area contributed by atoms with Gasteiger partial charge in [0.15, 0.2) is 0 Å². The summed E-state index contributed by atoms with van der Waals surface area (Å²) in [5, 5.41) is 3.23. The maximum atomic E-state index is 11.7. The van der Waals surface area contributed by atoms with Crippen LogP contribution in [0.15, 0.2) is 41.6 Å². The van der Waals surface area contributed by atoms with Crippen LogP contribution in [-0.4, -0.2) is 16.5 Å². The normalized spacial score (nSPS) is 14.4. The highest BCUT2D eigenvalue weighted by molar-refractivity contribution is 5.66. The Morgan fingerprint density at radius 3 is 2.78 bits per heavy atom. The fraction of sp³-hybridized carbons (Fsp3) is 0.286. The van der Waals surface area contributed by atoms with Crippen LogP contribution in [-0.2, 0) is 0 Å². The number of aromatic nitrogens is 2. The Morgan fingerprint density at radius 1 is 1.28 bits per heavy atom. The third-order valence-corrected chi connectivity index (χ3v) is 3.19. The van der Waals surface area contributed by atoms with Crippen molar-refractivity contribution in [1.29, 1.82) is 0 Å². The first-order valence-electron chi connectivity index (χ1n) is 6.20. The highest BCUT2D eigenvalue weighted by atomic mass is 16.1. The predicted molar refractivity (Wildman–Crippen MR) is 71.5 cm³/mol. The Balaban J connectivity index is 1.87. The van der Waals surface area contributed by atoms with E-state index in [9.17, 15) is 4.79 Å². The lowest BCUT2D eigenvalue weighted by atomic mass is 10.1. The first-order chi connectivity index (χ1) is 8.83. The first-order valence-corrected chi connectivity index (χ1v) is 6.20. The number of nitrogens with one attached hydrogen (secondary N) is 2. The van der Waals surface area contributed by atoms with E-state index in [1.807, 2.05) is 18.2 Å². The Kier molecular flexibility index (Phi) is 2.84. The summed E-state index contributed by atoms with van der Waals surface area (Å²) in [5.41, 5.74) is 2.63. The summed E-state index contributed by atoms with van der Waals surface area (Å²) in [4.78, 5) is 18.5. The quantitative estimate of drug-likeness (QED) is 0.863. The zero-order valence-corrected chi connectivity index (χ0v) is 10.0. The van der Waals surface area contributed by atoms with Gasteiger partial charge in [-0.2, -0.15) is 0 Å². The van der Waals surface area contributed by atoms with Gasteiger partial charge in [-0.05, 0) is 42.5 Å². The van der Waals surface area contributed by atoms with E-state index in [1.54, 1.807) is 18.6 Å². The monoisotopic (exact) mass is 241 g/mol. The average Bonchev–Trinajstić information content (AvgIpc) is 3.23. The number of pyridine rings is 2. The molecule has 0 aromatic carbocycles. The van der Waals surface area contributed by atoms with Crippen LogP contribution < -0.4 is 10.9 Å². The van der Waals surface area contributed by atoms with Gasteiger partial charge in [0.25, 0.3) is 5.56 Å². The fourth-order valence-corrected chi connectivity index (χ4v) is 1.90. The number of rotatable bonds is 4. The number of hydrogen-bond acceptors (Lipinski definition) is 3. The minimum Gasteiger partial charge on any atom is -0.380 e. The lowest BCUT2D eigenvalue weighted by Crippen LogP contribution is -2.15. The van der Waals surface area contributed by atoms with Crippen molar-refractivity contribution < 1.29 is 0 Å². The zero-order valence-electron chi connectivity index (χ0n) is 10.0. The minimum absolute atomic E-state index is 0.0616. The smallest absolute Gasteiger partial charge is 0.271 e. The van der Waals surface area contributed by atoms with Gasteiger partial charge in [-0.25, -0.2) is 0 Å². The lowest BCUT2D eigenvalue weighted by Gasteiger charge is -2.06. The van der Waals surface area contributed by atoms with E-state index in [0.29, 0.717) is 5.69 Å². The average molecular weight is 241 g/mol. The van der Waals surface area contributed by atoms with Gasteiger partial charge in [0.2, 0.25) is 0 Å². The summed E-state index contributed by atoms with van der Waals surface area (Å²) in [6, 6.07) is 5.76. The van der Waals surface area contributed by atoms with E-state index in [1.165, 1.54) is 12.8 Å². The third-order valence-electron chi connectivity index (χ3n) is 3.19. The Bertz CT molecular complexity index is 587. The predicted octanol–water partition coefficient (Wildman–Crippen LogP) is 2.26. The fourth-order valence-electron chi connectivity index (χ4n) is 1.90. The number of hydrogen-bond donors (Lipinski definition) is 2. The highest BCUT2D eigenvalue weighted by Crippen LogP contribution is 2.28. The molecule has 2 aromatic rings. The van der Waals surface area contributed by atoms with Crippen LogP contribution in [0.1, 0.15) is 12.8 Å². The largest absolute Gasteiger partial charge is 0.380 e. The van der Waals surface area contributed by atoms with E-state index in [-0.39, 0.29) is 5.56 Å². The van der Waals surface area contributed by atoms with Crippen LogP contribution in [0, 0.1) is 5.92 Å². The number of H-pyrrole nitrogens is 1. The maximum absolute atomic E-state index is 11.7. The van der Waals surface area contributed by atoms with Gasteiger partial charge in [0, 0.05) is 30.7 Å². The van der Waals surface area contributed by atoms with Crippen LogP contribution in [0.2, 0.25) is 0 Å². The molecule has 1 aliphatic rings. The van der Waals surface area contributed by atoms with Crippen LogP contribution in [0.4, 0.5) is 5.69 Å². The SMILES string of the molecule is O=c1[nH]cc(-c2ccncc2)cc1NCC1CC1. The molecule has 0 saturated heterocycles. The molecule has 18 heavy (non-hydrogen) atoms. The van der Waals surface area contributed by atoms with Gasteiger partial charge in [-0.1, -0.05) is 0 Å². The second kappa shape index (κ2) is 4.64. The summed E-state index contributed by atoms with van der Waals surface area (Å²) in [6.07, 6.45) is 7.78. The Morgan fingerprint density at radius 2 is 2.06 bits per heavy atom. The number of anilines is 1. The molecule has 2 heterocycles. The molecule has 0 unspecified atom stereocenters. The molecule has 0 atom stereocenters. The van der Waals surface area contributed by atoms with Gasteiger partial charge < -0.3 is 10.3 Å². The molecule has 0 radical (unpaired) electrons. The number of nitrogens with zero attached hydrogens (tertiary/aromatic N) is 1. The summed E-state index contributed by atoms with van der Waals surface area (Å²) < 4.78 is 0. The molecule has 1 saturated carbocycles. The van der Waals surface area contributed by atoms with E-state index in [2.05, 4.69) is 15.3 Å². The van der Waals surface area contributed by atoms with E-state index < -0.39 is 0 Å². The van der Waals surface area contributed by atoms with Crippen LogP contribution in [0.3, 0.4) is 0 Å². The first kappa shape index (κ1) is 11.0. The maximum Gasteiger partial charge on any atom is 0.271 e. The molecule has 1 fully saturated rings. The molecular formula is C14H15N3O. The topological polar surface area (TPSA) is 57.8 Å². The van der Waals surface area contributed by atoms with Crippen LogP contribution in [0.5, 0.6) is 0 Å². The molecule has 2 aromatic heterocycles. The van der Waals surface area contributed by atoms with Crippen molar-refractivity contribution in [3.05, 3.63) is 47.1 Å². The van der Waals surface area contributed by atoms with Crippen LogP contribution >= 0.6 is 0 Å². The van der Waals surface area contributed by atoms with Crippen molar-refractivity contribution in [3.8, 4) is 11.1 Å². The standard InChI is InChI=1S/C14H15N3O/c18-14-13(16-8-10-1-2-10)7-12(9-17-14)11-3-5-15-6-4-11/h3-7,9-10,16H,1-2,8H2,(H,17,18). The van der Waals surface area contributed by atoms with Gasteiger partial charge in [-0.15, -0.1) is 0 Å². The number of aromatic amines is 1. The highest BCUT2D eigenvalue weighted by Gasteiger charge is 2.20. The summed E-state index contributed by atoms with van der Waals surface area (Å²) in [6.45, 7) is 0.892. The van der Waals surface area contributed by atoms with Gasteiger partial charge in [0.1, 0.15) is 5.69 Å². The molecule has 3 rings (SSSR count). The molecule has 0 bridgehead atoms. The van der Waals surface area contributed by atoms with Crippen molar-refractivity contribution in [2.24, 2.45) is 5.92 Å². The van der Waals surface area contributed by atoms with Crippen LogP contribution in [0.25, 0.3) is 11.1 Å². The second-order valence-corrected chi connectivity index (χ2v) is 4.69. The summed E-state index contributed by atoms with van der Waals surface area (Å²) in [7, 11) is 0. The Labute approximate surface area is 105 Å². The lowest BCUT2D eigenvalue weighted by molar-refractivity contribution is 0.886. The van der Waals surface area contributed by atoms with E-state index in [4.69, 9.17) is 0 Å². The zero-order chi connectivity index (χ0) is 12.4. The van der Waals surface area contributed by atoms with E-state index in [0.717, 1.165) is 23.6 Å². The van der Waals surface area contributed by atoms with Crippen molar-refractivity contribution in [2.45, 2.75) is 12.8 Å². The summed E-state index contributed by atoms with van der Waals surface area (Å²) >= 11 is 0. The molecule has 0 spiro atoms. The minimum atomic E-state index is -0.0616. The molecular weight excluding hydrogens is 226 g/mol. The second-order valence-electron chi connectivity index (χ2n) is 4.69. The summed E-state index contributed by atoms with van der Waals surface area (Å²) in [5.74, 6) is 0.744. The van der Waals surface area contributed by atoms with Gasteiger partial charge >= 0.3 is 0 Å². The molecule has 1 aliphatic carbocycles. The van der Waals surface area contributed by atoms with Crippen molar-refractivity contribution in [3.63, 3.8) is 0 Å². The molecule has 0 aliphatic heterocycles. The van der Waals surface area contributed by atoms with Gasteiger partial charge in [0.05, 0.1) is 0 Å². The third kappa shape index (κ3) is 2.42. The molecule has 4 nitrogen and oxygen atoms in total. The van der Waals surface area contributed by atoms with Crippen molar-refractivity contribution in [1.82, 2.24) is 9.97 Å². The molecule has 92 valence electrons. The molecule has 4 heteroatoms. The molecule has 0 amide bonds. The van der Waals surface area contributed by atoms with Crippen molar-refractivity contribution in [2.75, 3.05) is 11.9 Å². The Hall–Kier alpha value is -2.10. The van der Waals surface area contributed by atoms with Gasteiger partial charge in [-0.3, -0.25) is 9.78 Å². The van der Waals surface area contributed by atoms with E-state index >= 15 is 0 Å².